The van der Waals surface area contributed by atoms with Crippen LogP contribution in [0.1, 0.15) is 18.4 Å². The molecule has 1 aromatic rings. The molecule has 0 amide bonds. The molecule has 1 aromatic carbocycles. The number of nitrogens with zero attached hydrogens (tertiary/aromatic N) is 2. The zero-order valence-corrected chi connectivity index (χ0v) is 11.6. The molecule has 0 spiro atoms. The standard InChI is InChI=1S/C16H23N2/c1-5-6-12-16(17-18(2,3)4)14-13-15-10-8-7-9-11-15/h5,7-11,13-14H,1,6,12H2,2-4H3/q+1/b14-13+,17-16+. The summed E-state index contributed by atoms with van der Waals surface area (Å²) >= 11 is 0. The first-order valence-corrected chi connectivity index (χ1v) is 6.26. The highest BCUT2D eigenvalue weighted by Crippen LogP contribution is 2.06. The molecule has 1 rings (SSSR count). The number of hydrogen-bond acceptors (Lipinski definition) is 1. The van der Waals surface area contributed by atoms with Crippen molar-refractivity contribution in [2.24, 2.45) is 5.10 Å². The maximum absolute atomic E-state index is 4.68. The van der Waals surface area contributed by atoms with Crippen molar-refractivity contribution in [3.63, 3.8) is 0 Å². The Morgan fingerprint density at radius 2 is 1.89 bits per heavy atom. The van der Waals surface area contributed by atoms with Gasteiger partial charge in [-0.25, -0.2) is 4.59 Å². The van der Waals surface area contributed by atoms with Gasteiger partial charge in [-0.05, 0) is 24.5 Å². The van der Waals surface area contributed by atoms with Gasteiger partial charge < -0.3 is 0 Å². The van der Waals surface area contributed by atoms with Crippen molar-refractivity contribution in [2.75, 3.05) is 21.1 Å². The Hall–Kier alpha value is -1.67. The smallest absolute Gasteiger partial charge is 0.0961 e. The number of rotatable bonds is 6. The lowest BCUT2D eigenvalue weighted by atomic mass is 10.1. The quantitative estimate of drug-likeness (QED) is 0.312. The Morgan fingerprint density at radius 3 is 2.44 bits per heavy atom. The molecule has 0 heterocycles. The van der Waals surface area contributed by atoms with Crippen LogP contribution in [0.3, 0.4) is 0 Å². The molecule has 0 bridgehead atoms. The Morgan fingerprint density at radius 1 is 1.22 bits per heavy atom. The lowest BCUT2D eigenvalue weighted by Crippen LogP contribution is -2.28. The van der Waals surface area contributed by atoms with E-state index in [9.17, 15) is 0 Å². The van der Waals surface area contributed by atoms with E-state index < -0.39 is 0 Å². The fourth-order valence-electron chi connectivity index (χ4n) is 1.56. The van der Waals surface area contributed by atoms with Crippen LogP contribution < -0.4 is 0 Å². The summed E-state index contributed by atoms with van der Waals surface area (Å²) in [4.78, 5) is 0. The van der Waals surface area contributed by atoms with Gasteiger partial charge in [0.15, 0.2) is 0 Å². The van der Waals surface area contributed by atoms with E-state index >= 15 is 0 Å². The predicted octanol–water partition coefficient (Wildman–Crippen LogP) is 3.73. The van der Waals surface area contributed by atoms with Crippen LogP contribution in [0.4, 0.5) is 0 Å². The van der Waals surface area contributed by atoms with Crippen LogP contribution in [-0.2, 0) is 0 Å². The van der Waals surface area contributed by atoms with Gasteiger partial charge in [0.05, 0.1) is 26.9 Å². The van der Waals surface area contributed by atoms with Gasteiger partial charge in [0.2, 0.25) is 0 Å². The van der Waals surface area contributed by atoms with Crippen molar-refractivity contribution in [1.82, 2.24) is 0 Å². The zero-order chi connectivity index (χ0) is 13.4. The maximum atomic E-state index is 4.68. The molecule has 0 aromatic heterocycles. The van der Waals surface area contributed by atoms with Gasteiger partial charge in [0, 0.05) is 0 Å². The summed E-state index contributed by atoms with van der Waals surface area (Å²) < 4.78 is 0.589. The SMILES string of the molecule is C=CCCC(/C=C/c1ccccc1)=N\[N+](C)(C)C. The Kier molecular flexibility index (Phi) is 5.53. The van der Waals surface area contributed by atoms with E-state index in [2.05, 4.69) is 57.1 Å². The highest BCUT2D eigenvalue weighted by molar-refractivity contribution is 5.97. The summed E-state index contributed by atoms with van der Waals surface area (Å²) in [6, 6.07) is 10.3. The van der Waals surface area contributed by atoms with Crippen molar-refractivity contribution >= 4 is 11.8 Å². The Balaban J connectivity index is 2.82. The summed E-state index contributed by atoms with van der Waals surface area (Å²) in [5, 5.41) is 4.68. The molecule has 0 aliphatic carbocycles. The second kappa shape index (κ2) is 6.92. The molecule has 0 unspecified atom stereocenters. The second-order valence-electron chi connectivity index (χ2n) is 5.10. The van der Waals surface area contributed by atoms with Gasteiger partial charge in [-0.1, -0.05) is 47.6 Å². The molecular weight excluding hydrogens is 220 g/mol. The second-order valence-corrected chi connectivity index (χ2v) is 5.10. The number of allylic oxidation sites excluding steroid dienone is 2. The molecule has 0 saturated heterocycles. The van der Waals surface area contributed by atoms with E-state index in [0.29, 0.717) is 4.59 Å². The van der Waals surface area contributed by atoms with E-state index in [0.717, 1.165) is 18.6 Å². The third-order valence-corrected chi connectivity index (χ3v) is 2.30. The van der Waals surface area contributed by atoms with Gasteiger partial charge in [0.1, 0.15) is 0 Å². The number of benzene rings is 1. The van der Waals surface area contributed by atoms with Gasteiger partial charge in [-0.15, -0.1) is 6.58 Å². The van der Waals surface area contributed by atoms with Crippen molar-refractivity contribution in [1.29, 1.82) is 0 Å². The highest BCUT2D eigenvalue weighted by Gasteiger charge is 2.06. The molecule has 0 radical (unpaired) electrons. The highest BCUT2D eigenvalue weighted by atomic mass is 15.6. The Bertz CT molecular complexity index is 422. The van der Waals surface area contributed by atoms with Gasteiger partial charge in [-0.3, -0.25) is 0 Å². The fraction of sp³-hybridized carbons (Fsp3) is 0.312. The normalized spacial score (nSPS) is 12.9. The third kappa shape index (κ3) is 6.16. The summed E-state index contributed by atoms with van der Waals surface area (Å²) in [7, 11) is 6.18. The predicted molar refractivity (Wildman–Crippen MR) is 80.4 cm³/mol. The lowest BCUT2D eigenvalue weighted by molar-refractivity contribution is -0.877. The van der Waals surface area contributed by atoms with Crippen molar-refractivity contribution < 1.29 is 4.59 Å². The molecule has 0 N–H and O–H groups in total. The number of hydrogen-bond donors (Lipinski definition) is 0. The molecule has 0 atom stereocenters. The monoisotopic (exact) mass is 243 g/mol. The van der Waals surface area contributed by atoms with Crippen LogP contribution >= 0.6 is 0 Å². The van der Waals surface area contributed by atoms with Crippen LogP contribution in [0, 0.1) is 0 Å². The van der Waals surface area contributed by atoms with Gasteiger partial charge in [-0.2, -0.15) is 0 Å². The van der Waals surface area contributed by atoms with Crippen LogP contribution in [0.25, 0.3) is 6.08 Å². The minimum Gasteiger partial charge on any atom is -0.205 e. The molecule has 96 valence electrons. The summed E-state index contributed by atoms with van der Waals surface area (Å²) in [6.07, 6.45) is 8.03. The molecule has 18 heavy (non-hydrogen) atoms. The molecular formula is C16H23N2+. The van der Waals surface area contributed by atoms with Crippen LogP contribution in [0.2, 0.25) is 0 Å². The largest absolute Gasteiger partial charge is 0.205 e. The first-order valence-electron chi connectivity index (χ1n) is 6.26. The Labute approximate surface area is 111 Å². The summed E-state index contributed by atoms with van der Waals surface area (Å²) in [6.45, 7) is 3.76. The molecule has 0 aliphatic rings. The molecule has 2 nitrogen and oxygen atoms in total. The maximum Gasteiger partial charge on any atom is 0.0961 e. The van der Waals surface area contributed by atoms with Crippen LogP contribution in [-0.4, -0.2) is 31.4 Å². The van der Waals surface area contributed by atoms with E-state index in [1.807, 2.05) is 24.3 Å². The molecule has 0 fully saturated rings. The van der Waals surface area contributed by atoms with Crippen molar-refractivity contribution in [3.05, 3.63) is 54.6 Å². The average molecular weight is 243 g/mol. The van der Waals surface area contributed by atoms with Gasteiger partial charge >= 0.3 is 0 Å². The van der Waals surface area contributed by atoms with E-state index in [1.165, 1.54) is 5.56 Å². The first kappa shape index (κ1) is 14.4. The van der Waals surface area contributed by atoms with Crippen molar-refractivity contribution in [3.8, 4) is 0 Å². The van der Waals surface area contributed by atoms with Gasteiger partial charge in [0.25, 0.3) is 0 Å². The molecule has 0 aliphatic heterocycles. The first-order chi connectivity index (χ1) is 8.51. The summed E-state index contributed by atoms with van der Waals surface area (Å²) in [5.74, 6) is 0. The zero-order valence-electron chi connectivity index (χ0n) is 11.6. The molecule has 0 saturated carbocycles. The molecule has 2 heteroatoms. The van der Waals surface area contributed by atoms with Crippen molar-refractivity contribution in [2.45, 2.75) is 12.8 Å². The average Bonchev–Trinajstić information content (AvgIpc) is 2.32. The lowest BCUT2D eigenvalue weighted by Gasteiger charge is -2.16. The van der Waals surface area contributed by atoms with Crippen LogP contribution in [0.5, 0.6) is 0 Å². The van der Waals surface area contributed by atoms with E-state index in [1.54, 1.807) is 0 Å². The topological polar surface area (TPSA) is 12.4 Å². The van der Waals surface area contributed by atoms with Crippen LogP contribution in [0.15, 0.2) is 54.2 Å². The minimum absolute atomic E-state index is 0.589. The fourth-order valence-corrected chi connectivity index (χ4v) is 1.56. The minimum atomic E-state index is 0.589. The summed E-state index contributed by atoms with van der Waals surface area (Å²) in [5.41, 5.74) is 2.30. The van der Waals surface area contributed by atoms with E-state index in [4.69, 9.17) is 0 Å². The third-order valence-electron chi connectivity index (χ3n) is 2.30. The number of quaternary nitrogens is 1. The van der Waals surface area contributed by atoms with E-state index in [-0.39, 0.29) is 0 Å².